The highest BCUT2D eigenvalue weighted by Gasteiger charge is 2.17. The molecule has 0 bridgehead atoms. The number of halogens is 1. The minimum Gasteiger partial charge on any atom is -0.496 e. The fourth-order valence-electron chi connectivity index (χ4n) is 4.16. The van der Waals surface area contributed by atoms with E-state index in [-0.39, 0.29) is 11.3 Å². The highest BCUT2D eigenvalue weighted by molar-refractivity contribution is 7.15. The molecule has 10 heteroatoms. The van der Waals surface area contributed by atoms with Gasteiger partial charge < -0.3 is 9.47 Å². The van der Waals surface area contributed by atoms with Crippen molar-refractivity contribution < 1.29 is 13.9 Å². The van der Waals surface area contributed by atoms with Gasteiger partial charge >= 0.3 is 0 Å². The van der Waals surface area contributed by atoms with Crippen LogP contribution in [-0.4, -0.2) is 38.6 Å². The van der Waals surface area contributed by atoms with Crippen molar-refractivity contribution in [2.24, 2.45) is 0 Å². The molecule has 0 saturated heterocycles. The van der Waals surface area contributed by atoms with Crippen molar-refractivity contribution in [3.05, 3.63) is 105 Å². The minimum atomic E-state index is -0.502. The lowest BCUT2D eigenvalue weighted by Crippen LogP contribution is -2.23. The lowest BCUT2D eigenvalue weighted by molar-refractivity contribution is 0.386. The van der Waals surface area contributed by atoms with Crippen molar-refractivity contribution >= 4 is 22.4 Å². The molecule has 0 saturated carbocycles. The van der Waals surface area contributed by atoms with Gasteiger partial charge in [0, 0.05) is 17.3 Å². The summed E-state index contributed by atoms with van der Waals surface area (Å²) in [5.41, 5.74) is 2.93. The Morgan fingerprint density at radius 2 is 1.68 bits per heavy atom. The fraction of sp³-hybridized carbons (Fsp3) is 0.0714. The third-order valence-electron chi connectivity index (χ3n) is 6.00. The summed E-state index contributed by atoms with van der Waals surface area (Å²) < 4.78 is 28.4. The van der Waals surface area contributed by atoms with E-state index in [2.05, 4.69) is 10.1 Å². The average molecular weight is 526 g/mol. The number of thiazole rings is 1. The van der Waals surface area contributed by atoms with E-state index in [9.17, 15) is 9.18 Å². The predicted molar refractivity (Wildman–Crippen MR) is 143 cm³/mol. The second-order valence-corrected chi connectivity index (χ2v) is 9.32. The van der Waals surface area contributed by atoms with Crippen LogP contribution in [0.25, 0.3) is 39.4 Å². The average Bonchev–Trinajstić information content (AvgIpc) is 3.64. The van der Waals surface area contributed by atoms with E-state index < -0.39 is 5.82 Å². The maximum absolute atomic E-state index is 14.6. The second kappa shape index (κ2) is 9.56. The van der Waals surface area contributed by atoms with Gasteiger partial charge in [-0.05, 0) is 48.5 Å². The lowest BCUT2D eigenvalue weighted by atomic mass is 10.1. The number of hydrogen-bond acceptors (Lipinski definition) is 7. The summed E-state index contributed by atoms with van der Waals surface area (Å²) in [6, 6.07) is 21.6. The molecule has 0 aliphatic heterocycles. The SMILES string of the molecule is COc1ccc(-c2nn(-c3ccccc3)cc2C=c2sc3nc(-c4ccccc4OC)nn3c2=O)cc1F. The van der Waals surface area contributed by atoms with Crippen LogP contribution in [0.1, 0.15) is 5.56 Å². The van der Waals surface area contributed by atoms with Gasteiger partial charge in [0.2, 0.25) is 4.96 Å². The Bertz CT molecular complexity index is 1900. The van der Waals surface area contributed by atoms with Gasteiger partial charge in [-0.1, -0.05) is 41.7 Å². The number of nitrogens with zero attached hydrogens (tertiary/aromatic N) is 5. The zero-order valence-electron chi connectivity index (χ0n) is 20.3. The number of aromatic nitrogens is 5. The van der Waals surface area contributed by atoms with Gasteiger partial charge in [0.15, 0.2) is 17.4 Å². The summed E-state index contributed by atoms with van der Waals surface area (Å²) in [6.45, 7) is 0. The summed E-state index contributed by atoms with van der Waals surface area (Å²) >= 11 is 1.22. The van der Waals surface area contributed by atoms with Gasteiger partial charge in [-0.3, -0.25) is 4.79 Å². The molecule has 0 aliphatic carbocycles. The molecule has 0 radical (unpaired) electrons. The molecule has 0 amide bonds. The van der Waals surface area contributed by atoms with E-state index in [1.807, 2.05) is 60.8 Å². The van der Waals surface area contributed by atoms with Gasteiger partial charge in [-0.2, -0.15) is 14.6 Å². The Morgan fingerprint density at radius 1 is 0.921 bits per heavy atom. The topological polar surface area (TPSA) is 83.5 Å². The normalized spacial score (nSPS) is 11.8. The first-order chi connectivity index (χ1) is 18.6. The molecule has 0 fully saturated rings. The number of methoxy groups -OCH3 is 2. The van der Waals surface area contributed by atoms with Crippen LogP contribution in [0.15, 0.2) is 83.8 Å². The molecule has 0 spiro atoms. The first kappa shape index (κ1) is 23.6. The molecule has 188 valence electrons. The van der Waals surface area contributed by atoms with Crippen LogP contribution < -0.4 is 19.6 Å². The first-order valence-electron chi connectivity index (χ1n) is 11.6. The molecule has 3 aromatic heterocycles. The third kappa shape index (κ3) is 4.10. The van der Waals surface area contributed by atoms with Crippen LogP contribution in [0.2, 0.25) is 0 Å². The fourth-order valence-corrected chi connectivity index (χ4v) is 5.06. The van der Waals surface area contributed by atoms with Crippen LogP contribution in [0.4, 0.5) is 4.39 Å². The Kier molecular flexibility index (Phi) is 5.93. The van der Waals surface area contributed by atoms with Crippen LogP contribution in [0.5, 0.6) is 11.5 Å². The molecule has 38 heavy (non-hydrogen) atoms. The first-order valence-corrected chi connectivity index (χ1v) is 12.4. The van der Waals surface area contributed by atoms with Crippen molar-refractivity contribution in [3.8, 4) is 39.8 Å². The Labute approximate surface area is 219 Å². The Hall–Kier alpha value is -4.83. The molecule has 0 unspecified atom stereocenters. The second-order valence-electron chi connectivity index (χ2n) is 8.31. The quantitative estimate of drug-likeness (QED) is 0.321. The summed E-state index contributed by atoms with van der Waals surface area (Å²) in [4.78, 5) is 18.3. The number of ether oxygens (including phenoxy) is 2. The van der Waals surface area contributed by atoms with Gasteiger partial charge in [-0.15, -0.1) is 5.10 Å². The number of rotatable bonds is 6. The Morgan fingerprint density at radius 3 is 2.42 bits per heavy atom. The molecular formula is C28H20FN5O3S. The maximum atomic E-state index is 14.6. The van der Waals surface area contributed by atoms with E-state index in [4.69, 9.17) is 14.6 Å². The molecular weight excluding hydrogens is 505 g/mol. The molecule has 8 nitrogen and oxygen atoms in total. The van der Waals surface area contributed by atoms with Crippen molar-refractivity contribution in [2.45, 2.75) is 0 Å². The largest absolute Gasteiger partial charge is 0.496 e. The minimum absolute atomic E-state index is 0.139. The van der Waals surface area contributed by atoms with Crippen molar-refractivity contribution in [2.75, 3.05) is 14.2 Å². The molecule has 0 atom stereocenters. The van der Waals surface area contributed by atoms with E-state index in [1.54, 1.807) is 30.0 Å². The highest BCUT2D eigenvalue weighted by atomic mass is 32.1. The van der Waals surface area contributed by atoms with Crippen LogP contribution in [0.3, 0.4) is 0 Å². The molecule has 3 heterocycles. The van der Waals surface area contributed by atoms with Gasteiger partial charge in [0.1, 0.15) is 11.4 Å². The van der Waals surface area contributed by atoms with Gasteiger partial charge in [-0.25, -0.2) is 9.07 Å². The zero-order chi connectivity index (χ0) is 26.2. The molecule has 6 rings (SSSR count). The summed E-state index contributed by atoms with van der Waals surface area (Å²) in [6.07, 6.45) is 3.54. The maximum Gasteiger partial charge on any atom is 0.291 e. The van der Waals surface area contributed by atoms with Crippen molar-refractivity contribution in [1.29, 1.82) is 0 Å². The number of fused-ring (bicyclic) bond motifs is 1. The van der Waals surface area contributed by atoms with E-state index in [0.717, 1.165) is 5.69 Å². The lowest BCUT2D eigenvalue weighted by Gasteiger charge is -2.04. The van der Waals surface area contributed by atoms with Crippen molar-refractivity contribution in [3.63, 3.8) is 0 Å². The van der Waals surface area contributed by atoms with Crippen LogP contribution in [-0.2, 0) is 0 Å². The molecule has 3 aromatic carbocycles. The summed E-state index contributed by atoms with van der Waals surface area (Å²) in [7, 11) is 2.99. The molecule has 6 aromatic rings. The van der Waals surface area contributed by atoms with E-state index >= 15 is 0 Å². The van der Waals surface area contributed by atoms with Crippen LogP contribution >= 0.6 is 11.3 Å². The van der Waals surface area contributed by atoms with E-state index in [0.29, 0.717) is 43.5 Å². The monoisotopic (exact) mass is 525 g/mol. The standard InChI is InChI=1S/C28H20FN5O3S/c1-36-22-11-7-6-10-20(22)26-30-28-34(32-26)27(35)24(38-28)15-18-16-33(19-8-4-3-5-9-19)31-25(18)17-12-13-23(37-2)21(29)14-17/h3-16H,1-2H3. The number of para-hydroxylation sites is 2. The Balaban J connectivity index is 1.49. The van der Waals surface area contributed by atoms with Gasteiger partial charge in [0.05, 0.1) is 30.0 Å². The number of benzene rings is 3. The van der Waals surface area contributed by atoms with Gasteiger partial charge in [0.25, 0.3) is 5.56 Å². The molecule has 0 aliphatic rings. The van der Waals surface area contributed by atoms with E-state index in [1.165, 1.54) is 29.0 Å². The summed E-state index contributed by atoms with van der Waals surface area (Å²) in [5.74, 6) is 0.663. The zero-order valence-corrected chi connectivity index (χ0v) is 21.1. The smallest absolute Gasteiger partial charge is 0.291 e. The number of hydrogen-bond donors (Lipinski definition) is 0. The van der Waals surface area contributed by atoms with Crippen molar-refractivity contribution in [1.82, 2.24) is 24.4 Å². The third-order valence-corrected chi connectivity index (χ3v) is 6.96. The predicted octanol–water partition coefficient (Wildman–Crippen LogP) is 4.37. The van der Waals surface area contributed by atoms with Crippen LogP contribution in [0, 0.1) is 5.82 Å². The summed E-state index contributed by atoms with van der Waals surface area (Å²) in [5, 5.41) is 9.15. The molecule has 0 N–H and O–H groups in total. The highest BCUT2D eigenvalue weighted by Crippen LogP contribution is 2.29.